The number of nitrogens with zero attached hydrogens (tertiary/aromatic N) is 1. The minimum Gasteiger partial charge on any atom is -0.322 e. The Hall–Kier alpha value is -1.27. The highest BCUT2D eigenvalue weighted by molar-refractivity contribution is 7.99. The van der Waals surface area contributed by atoms with Crippen LogP contribution in [0.2, 0.25) is 5.02 Å². The molecule has 0 aromatic heterocycles. The van der Waals surface area contributed by atoms with Gasteiger partial charge in [0.1, 0.15) is 11.4 Å². The van der Waals surface area contributed by atoms with Gasteiger partial charge in [-0.1, -0.05) is 23.7 Å². The van der Waals surface area contributed by atoms with Crippen LogP contribution in [0.1, 0.15) is 12.0 Å². The van der Waals surface area contributed by atoms with E-state index in [9.17, 15) is 14.0 Å². The first-order valence-corrected chi connectivity index (χ1v) is 7.71. The number of hydrogen-bond donors (Lipinski definition) is 1. The number of amides is 3. The van der Waals surface area contributed by atoms with Gasteiger partial charge in [0.25, 0.3) is 5.91 Å². The van der Waals surface area contributed by atoms with Gasteiger partial charge in [-0.05, 0) is 18.2 Å². The quantitative estimate of drug-likeness (QED) is 0.853. The minimum absolute atomic E-state index is 0.0133. The topological polar surface area (TPSA) is 49.4 Å². The first-order chi connectivity index (χ1) is 9.53. The highest BCUT2D eigenvalue weighted by atomic mass is 35.5. The predicted octanol–water partition coefficient (Wildman–Crippen LogP) is 2.41. The van der Waals surface area contributed by atoms with Crippen LogP contribution >= 0.6 is 23.4 Å². The molecule has 1 N–H and O–H groups in total. The van der Waals surface area contributed by atoms with Crippen molar-refractivity contribution >= 4 is 35.3 Å². The van der Waals surface area contributed by atoms with Crippen molar-refractivity contribution in [1.82, 2.24) is 10.2 Å². The van der Waals surface area contributed by atoms with Crippen LogP contribution in [-0.2, 0) is 11.3 Å². The van der Waals surface area contributed by atoms with E-state index >= 15 is 0 Å². The number of rotatable bonds is 2. The summed E-state index contributed by atoms with van der Waals surface area (Å²) in [5.74, 6) is 0.556. The van der Waals surface area contributed by atoms with Crippen LogP contribution in [0.4, 0.5) is 9.18 Å². The maximum absolute atomic E-state index is 13.9. The van der Waals surface area contributed by atoms with E-state index in [1.54, 1.807) is 17.8 Å². The molecule has 4 nitrogen and oxygen atoms in total. The fourth-order valence-corrected chi connectivity index (χ4v) is 4.01. The van der Waals surface area contributed by atoms with Gasteiger partial charge in [-0.3, -0.25) is 9.69 Å². The molecule has 2 fully saturated rings. The molecular weight excluding hydrogens is 303 g/mol. The summed E-state index contributed by atoms with van der Waals surface area (Å²) in [5, 5.41) is 2.73. The Kier molecular flexibility index (Phi) is 3.38. The Morgan fingerprint density at radius 2 is 2.25 bits per heavy atom. The van der Waals surface area contributed by atoms with Crippen molar-refractivity contribution in [3.05, 3.63) is 34.6 Å². The summed E-state index contributed by atoms with van der Waals surface area (Å²) in [5.41, 5.74) is -0.555. The lowest BCUT2D eigenvalue weighted by Gasteiger charge is -2.19. The molecule has 1 aromatic rings. The number of nitrogens with one attached hydrogen (secondary N) is 1. The highest BCUT2D eigenvalue weighted by Crippen LogP contribution is 2.34. The first-order valence-electron chi connectivity index (χ1n) is 6.18. The molecule has 0 aliphatic carbocycles. The van der Waals surface area contributed by atoms with E-state index in [1.165, 1.54) is 12.1 Å². The molecule has 0 saturated carbocycles. The fourth-order valence-electron chi connectivity index (χ4n) is 2.49. The van der Waals surface area contributed by atoms with Gasteiger partial charge in [-0.25, -0.2) is 9.18 Å². The molecule has 3 rings (SSSR count). The molecule has 2 aliphatic rings. The van der Waals surface area contributed by atoms with Crippen LogP contribution < -0.4 is 5.32 Å². The van der Waals surface area contributed by atoms with E-state index in [1.807, 2.05) is 0 Å². The molecule has 106 valence electrons. The van der Waals surface area contributed by atoms with Crippen molar-refractivity contribution in [3.63, 3.8) is 0 Å². The summed E-state index contributed by atoms with van der Waals surface area (Å²) < 4.78 is 13.9. The molecule has 7 heteroatoms. The zero-order chi connectivity index (χ0) is 14.3. The first kappa shape index (κ1) is 13.7. The van der Waals surface area contributed by atoms with E-state index in [0.29, 0.717) is 12.2 Å². The van der Waals surface area contributed by atoms with E-state index < -0.39 is 17.4 Å². The Bertz CT molecular complexity index is 590. The third kappa shape index (κ3) is 2.07. The van der Waals surface area contributed by atoms with Crippen LogP contribution in [0.15, 0.2) is 18.2 Å². The second-order valence-electron chi connectivity index (χ2n) is 4.92. The van der Waals surface area contributed by atoms with Gasteiger partial charge in [0.15, 0.2) is 0 Å². The standard InChI is InChI=1S/C13H12ClFN2O2S/c14-9-3-1-2-8(10(9)15)6-17-11(18)13(16-12(17)19)4-5-20-7-13/h1-3H,4-7H2,(H,16,19). The maximum atomic E-state index is 13.9. The average molecular weight is 315 g/mol. The van der Waals surface area contributed by atoms with Gasteiger partial charge in [0.05, 0.1) is 11.6 Å². The normalized spacial score (nSPS) is 25.6. The summed E-state index contributed by atoms with van der Waals surface area (Å²) >= 11 is 7.34. The molecule has 1 aromatic carbocycles. The van der Waals surface area contributed by atoms with Crippen molar-refractivity contribution < 1.29 is 14.0 Å². The molecule has 1 atom stereocenters. The largest absolute Gasteiger partial charge is 0.325 e. The number of carbonyl (C=O) groups is 2. The van der Waals surface area contributed by atoms with Crippen molar-refractivity contribution in [2.75, 3.05) is 11.5 Å². The molecular formula is C13H12ClFN2O2S. The fraction of sp³-hybridized carbons (Fsp3) is 0.385. The highest BCUT2D eigenvalue weighted by Gasteiger charge is 2.52. The number of halogens is 2. The number of carbonyl (C=O) groups excluding carboxylic acids is 2. The van der Waals surface area contributed by atoms with Gasteiger partial charge >= 0.3 is 6.03 Å². The second kappa shape index (κ2) is 4.93. The van der Waals surface area contributed by atoms with Gasteiger partial charge in [0.2, 0.25) is 0 Å². The molecule has 2 saturated heterocycles. The van der Waals surface area contributed by atoms with Crippen LogP contribution in [0.25, 0.3) is 0 Å². The Morgan fingerprint density at radius 1 is 1.45 bits per heavy atom. The molecule has 1 unspecified atom stereocenters. The molecule has 20 heavy (non-hydrogen) atoms. The molecule has 0 bridgehead atoms. The van der Waals surface area contributed by atoms with Crippen molar-refractivity contribution in [2.45, 2.75) is 18.5 Å². The number of thioether (sulfide) groups is 1. The third-order valence-corrected chi connectivity index (χ3v) is 5.11. The summed E-state index contributed by atoms with van der Waals surface area (Å²) in [6.45, 7) is -0.0938. The molecule has 0 radical (unpaired) electrons. The van der Waals surface area contributed by atoms with E-state index in [-0.39, 0.29) is 23.0 Å². The third-order valence-electron chi connectivity index (χ3n) is 3.63. The number of urea groups is 1. The van der Waals surface area contributed by atoms with Crippen LogP contribution in [-0.4, -0.2) is 33.9 Å². The van der Waals surface area contributed by atoms with Gasteiger partial charge in [-0.2, -0.15) is 11.8 Å². The summed E-state index contributed by atoms with van der Waals surface area (Å²) in [6, 6.07) is 4.09. The van der Waals surface area contributed by atoms with Gasteiger partial charge in [0, 0.05) is 11.3 Å². The lowest BCUT2D eigenvalue weighted by atomic mass is 9.99. The Balaban J connectivity index is 1.86. The van der Waals surface area contributed by atoms with E-state index in [2.05, 4.69) is 5.32 Å². The number of imide groups is 1. The Labute approximate surface area is 124 Å². The van der Waals surface area contributed by atoms with E-state index in [4.69, 9.17) is 11.6 Å². The molecule has 1 spiro atoms. The SMILES string of the molecule is O=C1NC2(CCSC2)C(=O)N1Cc1cccc(Cl)c1F. The molecule has 2 aliphatic heterocycles. The van der Waals surface area contributed by atoms with Crippen LogP contribution in [0, 0.1) is 5.82 Å². The van der Waals surface area contributed by atoms with Gasteiger partial charge in [-0.15, -0.1) is 0 Å². The molecule has 3 amide bonds. The van der Waals surface area contributed by atoms with Crippen LogP contribution in [0.5, 0.6) is 0 Å². The number of hydrogen-bond acceptors (Lipinski definition) is 3. The lowest BCUT2D eigenvalue weighted by Crippen LogP contribution is -2.46. The summed E-state index contributed by atoms with van der Waals surface area (Å²) in [4.78, 5) is 25.5. The van der Waals surface area contributed by atoms with E-state index in [0.717, 1.165) is 10.7 Å². The lowest BCUT2D eigenvalue weighted by molar-refractivity contribution is -0.130. The maximum Gasteiger partial charge on any atom is 0.325 e. The second-order valence-corrected chi connectivity index (χ2v) is 6.43. The monoisotopic (exact) mass is 314 g/mol. The van der Waals surface area contributed by atoms with Crippen molar-refractivity contribution in [1.29, 1.82) is 0 Å². The molecule has 2 heterocycles. The number of benzene rings is 1. The smallest absolute Gasteiger partial charge is 0.322 e. The van der Waals surface area contributed by atoms with Gasteiger partial charge < -0.3 is 5.32 Å². The Morgan fingerprint density at radius 3 is 2.95 bits per heavy atom. The zero-order valence-corrected chi connectivity index (χ0v) is 12.1. The zero-order valence-electron chi connectivity index (χ0n) is 10.5. The predicted molar refractivity (Wildman–Crippen MR) is 75.2 cm³/mol. The van der Waals surface area contributed by atoms with Crippen molar-refractivity contribution in [3.8, 4) is 0 Å². The summed E-state index contributed by atoms with van der Waals surface area (Å²) in [7, 11) is 0. The van der Waals surface area contributed by atoms with Crippen molar-refractivity contribution in [2.24, 2.45) is 0 Å². The minimum atomic E-state index is -0.795. The van der Waals surface area contributed by atoms with Crippen LogP contribution in [0.3, 0.4) is 0 Å². The summed E-state index contributed by atoms with van der Waals surface area (Å²) in [6.07, 6.45) is 0.622. The average Bonchev–Trinajstić information content (AvgIpc) is 2.96.